The first-order valence-corrected chi connectivity index (χ1v) is 8.25. The van der Waals surface area contributed by atoms with Crippen molar-refractivity contribution in [3.05, 3.63) is 72.1 Å². The molecule has 0 bridgehead atoms. The molecule has 1 amide bonds. The van der Waals surface area contributed by atoms with Crippen molar-refractivity contribution in [3.63, 3.8) is 0 Å². The maximum absolute atomic E-state index is 12.4. The van der Waals surface area contributed by atoms with E-state index in [1.165, 1.54) is 0 Å². The van der Waals surface area contributed by atoms with E-state index in [2.05, 4.69) is 17.2 Å². The minimum absolute atomic E-state index is 0.188. The smallest absolute Gasteiger partial charge is 0.256 e. The zero-order chi connectivity index (χ0) is 17.6. The van der Waals surface area contributed by atoms with Gasteiger partial charge in [-0.15, -0.1) is 0 Å². The number of carbonyl (C=O) groups is 1. The number of nitrogen functional groups attached to an aromatic ring is 1. The van der Waals surface area contributed by atoms with Crippen molar-refractivity contribution in [1.82, 2.24) is 9.97 Å². The molecule has 0 aliphatic heterocycles. The Morgan fingerprint density at radius 2 is 1.80 bits per heavy atom. The Balaban J connectivity index is 1.89. The molecular formula is C20H20N4O. The molecule has 5 heteroatoms. The van der Waals surface area contributed by atoms with E-state index in [4.69, 9.17) is 10.7 Å². The Morgan fingerprint density at radius 1 is 1.08 bits per heavy atom. The van der Waals surface area contributed by atoms with E-state index >= 15 is 0 Å². The summed E-state index contributed by atoms with van der Waals surface area (Å²) in [6, 6.07) is 16.6. The molecule has 2 aromatic carbocycles. The van der Waals surface area contributed by atoms with E-state index in [0.717, 1.165) is 29.8 Å². The summed E-state index contributed by atoms with van der Waals surface area (Å²) in [4.78, 5) is 21.5. The maximum atomic E-state index is 12.4. The molecular weight excluding hydrogens is 312 g/mol. The van der Waals surface area contributed by atoms with Crippen molar-refractivity contribution in [2.24, 2.45) is 0 Å². The SMILES string of the molecule is CCCc1nc(-c2ccc(N)cc2)cnc1NC(=O)c1ccccc1. The molecule has 0 saturated heterocycles. The molecule has 0 aliphatic rings. The van der Waals surface area contributed by atoms with Crippen LogP contribution in [-0.2, 0) is 6.42 Å². The normalized spacial score (nSPS) is 10.4. The topological polar surface area (TPSA) is 80.9 Å². The van der Waals surface area contributed by atoms with Crippen molar-refractivity contribution >= 4 is 17.4 Å². The minimum Gasteiger partial charge on any atom is -0.399 e. The predicted octanol–water partition coefficient (Wildman–Crippen LogP) is 3.93. The highest BCUT2D eigenvalue weighted by atomic mass is 16.1. The quantitative estimate of drug-likeness (QED) is 0.694. The number of anilines is 2. The summed E-state index contributed by atoms with van der Waals surface area (Å²) in [7, 11) is 0. The van der Waals surface area contributed by atoms with Crippen molar-refractivity contribution in [2.75, 3.05) is 11.1 Å². The minimum atomic E-state index is -0.188. The summed E-state index contributed by atoms with van der Waals surface area (Å²) in [6.45, 7) is 2.07. The van der Waals surface area contributed by atoms with Crippen molar-refractivity contribution < 1.29 is 4.79 Å². The van der Waals surface area contributed by atoms with Crippen LogP contribution < -0.4 is 11.1 Å². The summed E-state index contributed by atoms with van der Waals surface area (Å²) in [5, 5.41) is 2.87. The van der Waals surface area contributed by atoms with Gasteiger partial charge in [-0.05, 0) is 30.7 Å². The molecule has 0 spiro atoms. The Kier molecular flexibility index (Phi) is 5.04. The highest BCUT2D eigenvalue weighted by molar-refractivity contribution is 6.04. The van der Waals surface area contributed by atoms with E-state index < -0.39 is 0 Å². The first-order chi connectivity index (χ1) is 12.2. The molecule has 0 unspecified atom stereocenters. The Labute approximate surface area is 146 Å². The molecule has 126 valence electrons. The number of nitrogens with one attached hydrogen (secondary N) is 1. The Bertz CT molecular complexity index is 861. The van der Waals surface area contributed by atoms with Crippen molar-refractivity contribution in [1.29, 1.82) is 0 Å². The number of nitrogens with zero attached hydrogens (tertiary/aromatic N) is 2. The van der Waals surface area contributed by atoms with Gasteiger partial charge in [0, 0.05) is 16.8 Å². The summed E-state index contributed by atoms with van der Waals surface area (Å²) in [5.74, 6) is 0.322. The number of nitrogens with two attached hydrogens (primary N) is 1. The highest BCUT2D eigenvalue weighted by Crippen LogP contribution is 2.22. The molecule has 0 atom stereocenters. The fourth-order valence-electron chi connectivity index (χ4n) is 2.51. The molecule has 1 aromatic heterocycles. The second kappa shape index (κ2) is 7.57. The van der Waals surface area contributed by atoms with Crippen molar-refractivity contribution in [2.45, 2.75) is 19.8 Å². The lowest BCUT2D eigenvalue weighted by Gasteiger charge is -2.11. The lowest BCUT2D eigenvalue weighted by Crippen LogP contribution is -2.15. The van der Waals surface area contributed by atoms with Crippen LogP contribution in [0.25, 0.3) is 11.3 Å². The monoisotopic (exact) mass is 332 g/mol. The third-order valence-electron chi connectivity index (χ3n) is 3.81. The maximum Gasteiger partial charge on any atom is 0.256 e. The highest BCUT2D eigenvalue weighted by Gasteiger charge is 2.12. The van der Waals surface area contributed by atoms with Crippen LogP contribution in [0.1, 0.15) is 29.4 Å². The lowest BCUT2D eigenvalue weighted by molar-refractivity contribution is 0.102. The Morgan fingerprint density at radius 3 is 2.48 bits per heavy atom. The largest absolute Gasteiger partial charge is 0.399 e. The van der Waals surface area contributed by atoms with Gasteiger partial charge >= 0.3 is 0 Å². The van der Waals surface area contributed by atoms with Crippen molar-refractivity contribution in [3.8, 4) is 11.3 Å². The van der Waals surface area contributed by atoms with Gasteiger partial charge in [0.2, 0.25) is 0 Å². The average molecular weight is 332 g/mol. The number of hydrogen-bond acceptors (Lipinski definition) is 4. The third-order valence-corrected chi connectivity index (χ3v) is 3.81. The van der Waals surface area contributed by atoms with Gasteiger partial charge in [-0.3, -0.25) is 4.79 Å². The van der Waals surface area contributed by atoms with E-state index in [1.54, 1.807) is 18.3 Å². The van der Waals surface area contributed by atoms with Crippen LogP contribution >= 0.6 is 0 Å². The molecule has 3 aromatic rings. The molecule has 5 nitrogen and oxygen atoms in total. The van der Waals surface area contributed by atoms with Gasteiger partial charge in [0.15, 0.2) is 5.82 Å². The van der Waals surface area contributed by atoms with Gasteiger partial charge in [-0.25, -0.2) is 9.97 Å². The van der Waals surface area contributed by atoms with Gasteiger partial charge in [0.25, 0.3) is 5.91 Å². The van der Waals surface area contributed by atoms with Gasteiger partial charge in [-0.1, -0.05) is 43.7 Å². The van der Waals surface area contributed by atoms with Crippen LogP contribution in [0.4, 0.5) is 11.5 Å². The zero-order valence-electron chi connectivity index (χ0n) is 14.1. The van der Waals surface area contributed by atoms with Crippen LogP contribution in [-0.4, -0.2) is 15.9 Å². The number of aromatic nitrogens is 2. The molecule has 0 radical (unpaired) electrons. The van der Waals surface area contributed by atoms with E-state index in [-0.39, 0.29) is 5.91 Å². The first kappa shape index (κ1) is 16.6. The molecule has 0 fully saturated rings. The van der Waals surface area contributed by atoms with E-state index in [1.807, 2.05) is 42.5 Å². The van der Waals surface area contributed by atoms with Crippen LogP contribution in [0.3, 0.4) is 0 Å². The number of hydrogen-bond donors (Lipinski definition) is 2. The summed E-state index contributed by atoms with van der Waals surface area (Å²) in [6.07, 6.45) is 3.32. The molecule has 3 N–H and O–H groups in total. The van der Waals surface area contributed by atoms with Crippen LogP contribution in [0, 0.1) is 0 Å². The number of amides is 1. The standard InChI is InChI=1S/C20H20N4O/c1-2-6-17-19(24-20(25)15-7-4-3-5-8-15)22-13-18(23-17)14-9-11-16(21)12-10-14/h3-5,7-13H,2,6,21H2,1H3,(H,22,24,25). The van der Waals surface area contributed by atoms with Crippen LogP contribution in [0.5, 0.6) is 0 Å². The molecule has 1 heterocycles. The second-order valence-electron chi connectivity index (χ2n) is 5.74. The first-order valence-electron chi connectivity index (χ1n) is 8.25. The molecule has 0 aliphatic carbocycles. The van der Waals surface area contributed by atoms with E-state index in [9.17, 15) is 4.79 Å². The predicted molar refractivity (Wildman–Crippen MR) is 100 cm³/mol. The number of aryl methyl sites for hydroxylation is 1. The fraction of sp³-hybridized carbons (Fsp3) is 0.150. The third kappa shape index (κ3) is 4.01. The summed E-state index contributed by atoms with van der Waals surface area (Å²) >= 11 is 0. The zero-order valence-corrected chi connectivity index (χ0v) is 14.1. The molecule has 0 saturated carbocycles. The number of rotatable bonds is 5. The molecule has 25 heavy (non-hydrogen) atoms. The Hall–Kier alpha value is -3.21. The van der Waals surface area contributed by atoms with Crippen LogP contribution in [0.2, 0.25) is 0 Å². The van der Waals surface area contributed by atoms with Gasteiger partial charge in [0.1, 0.15) is 0 Å². The number of benzene rings is 2. The summed E-state index contributed by atoms with van der Waals surface area (Å²) in [5.41, 5.74) is 9.52. The van der Waals surface area contributed by atoms with Gasteiger partial charge < -0.3 is 11.1 Å². The second-order valence-corrected chi connectivity index (χ2v) is 5.74. The fourth-order valence-corrected chi connectivity index (χ4v) is 2.51. The van der Waals surface area contributed by atoms with Gasteiger partial charge in [0.05, 0.1) is 17.6 Å². The van der Waals surface area contributed by atoms with E-state index in [0.29, 0.717) is 17.1 Å². The lowest BCUT2D eigenvalue weighted by atomic mass is 10.1. The van der Waals surface area contributed by atoms with Crippen LogP contribution in [0.15, 0.2) is 60.8 Å². The average Bonchev–Trinajstić information content (AvgIpc) is 2.65. The molecule has 3 rings (SSSR count). The summed E-state index contributed by atoms with van der Waals surface area (Å²) < 4.78 is 0. The van der Waals surface area contributed by atoms with Gasteiger partial charge in [-0.2, -0.15) is 0 Å². The number of carbonyl (C=O) groups excluding carboxylic acids is 1.